The molecule has 2 aromatic rings. The summed E-state index contributed by atoms with van der Waals surface area (Å²) in [6, 6.07) is 11.8. The zero-order chi connectivity index (χ0) is 11.5. The molecule has 0 atom stereocenters. The quantitative estimate of drug-likeness (QED) is 0.698. The molecule has 80 valence electrons. The van der Waals surface area contributed by atoms with Crippen LogP contribution in [0.4, 0.5) is 4.39 Å². The molecule has 0 amide bonds. The van der Waals surface area contributed by atoms with Crippen LogP contribution in [0.5, 0.6) is 0 Å². The summed E-state index contributed by atoms with van der Waals surface area (Å²) in [5.41, 5.74) is 3.25. The first-order valence-corrected chi connectivity index (χ1v) is 5.02. The van der Waals surface area contributed by atoms with Gasteiger partial charge in [-0.15, -0.1) is 0 Å². The summed E-state index contributed by atoms with van der Waals surface area (Å²) in [6.07, 6.45) is 0.801. The van der Waals surface area contributed by atoms with Crippen molar-refractivity contribution < 1.29 is 9.18 Å². The van der Waals surface area contributed by atoms with Gasteiger partial charge in [-0.05, 0) is 47.9 Å². The average molecular weight is 214 g/mol. The van der Waals surface area contributed by atoms with Crippen LogP contribution in [0, 0.1) is 12.7 Å². The van der Waals surface area contributed by atoms with E-state index in [-0.39, 0.29) is 5.82 Å². The van der Waals surface area contributed by atoms with Crippen molar-refractivity contribution >= 4 is 6.29 Å². The maximum absolute atomic E-state index is 13.1. The molecule has 0 heterocycles. The molecule has 0 fully saturated rings. The summed E-state index contributed by atoms with van der Waals surface area (Å²) in [5.74, 6) is -0.272. The van der Waals surface area contributed by atoms with Crippen LogP contribution < -0.4 is 0 Å². The third-order valence-electron chi connectivity index (χ3n) is 2.39. The highest BCUT2D eigenvalue weighted by atomic mass is 19.1. The molecule has 2 aromatic carbocycles. The molecule has 0 N–H and O–H groups in total. The summed E-state index contributed by atoms with van der Waals surface area (Å²) in [4.78, 5) is 10.7. The van der Waals surface area contributed by atoms with E-state index in [9.17, 15) is 9.18 Å². The molecule has 0 radical (unpaired) electrons. The Morgan fingerprint density at radius 2 is 1.88 bits per heavy atom. The first-order chi connectivity index (χ1) is 7.69. The Morgan fingerprint density at radius 1 is 1.06 bits per heavy atom. The molecule has 0 aromatic heterocycles. The minimum absolute atomic E-state index is 0.272. The van der Waals surface area contributed by atoms with E-state index in [0.717, 1.165) is 23.0 Å². The molecule has 0 aliphatic rings. The molecule has 1 nitrogen and oxygen atoms in total. The van der Waals surface area contributed by atoms with E-state index in [0.29, 0.717) is 5.56 Å². The van der Waals surface area contributed by atoms with Crippen LogP contribution in [0.15, 0.2) is 42.5 Å². The van der Waals surface area contributed by atoms with Crippen LogP contribution in [0.2, 0.25) is 0 Å². The number of hydrogen-bond acceptors (Lipinski definition) is 1. The van der Waals surface area contributed by atoms with Crippen LogP contribution >= 0.6 is 0 Å². The second kappa shape index (κ2) is 4.27. The van der Waals surface area contributed by atoms with E-state index in [1.807, 2.05) is 19.1 Å². The topological polar surface area (TPSA) is 17.1 Å². The molecule has 0 saturated carbocycles. The fraction of sp³-hybridized carbons (Fsp3) is 0.0714. The number of carbonyl (C=O) groups excluding carboxylic acids is 1. The first-order valence-electron chi connectivity index (χ1n) is 5.02. The first kappa shape index (κ1) is 10.6. The largest absolute Gasteiger partial charge is 0.298 e. The second-order valence-electron chi connectivity index (χ2n) is 3.76. The predicted octanol–water partition coefficient (Wildman–Crippen LogP) is 3.61. The van der Waals surface area contributed by atoms with Crippen molar-refractivity contribution in [1.29, 1.82) is 0 Å². The van der Waals surface area contributed by atoms with Crippen LogP contribution in [0.3, 0.4) is 0 Å². The van der Waals surface area contributed by atoms with Gasteiger partial charge in [0.1, 0.15) is 12.1 Å². The second-order valence-corrected chi connectivity index (χ2v) is 3.76. The Bertz CT molecular complexity index is 532. The summed E-state index contributed by atoms with van der Waals surface area (Å²) in [7, 11) is 0. The summed E-state index contributed by atoms with van der Waals surface area (Å²) < 4.78 is 13.1. The third-order valence-corrected chi connectivity index (χ3v) is 2.39. The zero-order valence-electron chi connectivity index (χ0n) is 8.91. The van der Waals surface area contributed by atoms with Gasteiger partial charge >= 0.3 is 0 Å². The van der Waals surface area contributed by atoms with Crippen LogP contribution in [-0.4, -0.2) is 6.29 Å². The Hall–Kier alpha value is -1.96. The normalized spacial score (nSPS) is 10.1. The molecule has 0 spiro atoms. The Morgan fingerprint density at radius 3 is 2.56 bits per heavy atom. The van der Waals surface area contributed by atoms with Gasteiger partial charge in [-0.25, -0.2) is 4.39 Å². The summed E-state index contributed by atoms with van der Waals surface area (Å²) in [6.45, 7) is 1.91. The number of aldehydes is 1. The highest BCUT2D eigenvalue weighted by Gasteiger charge is 2.02. The summed E-state index contributed by atoms with van der Waals surface area (Å²) in [5, 5.41) is 0. The lowest BCUT2D eigenvalue weighted by Gasteiger charge is -2.04. The van der Waals surface area contributed by atoms with Crippen LogP contribution in [0.25, 0.3) is 11.1 Å². The Balaban J connectivity index is 2.55. The lowest BCUT2D eigenvalue weighted by atomic mass is 10.0. The van der Waals surface area contributed by atoms with Crippen molar-refractivity contribution in [2.45, 2.75) is 6.92 Å². The number of carbonyl (C=O) groups is 1. The molecule has 0 aliphatic heterocycles. The smallest absolute Gasteiger partial charge is 0.150 e. The number of hydrogen-bond donors (Lipinski definition) is 0. The van der Waals surface area contributed by atoms with Crippen molar-refractivity contribution in [2.75, 3.05) is 0 Å². The van der Waals surface area contributed by atoms with E-state index in [4.69, 9.17) is 0 Å². The number of halogens is 1. The van der Waals surface area contributed by atoms with E-state index < -0.39 is 0 Å². The van der Waals surface area contributed by atoms with Crippen molar-refractivity contribution in [1.82, 2.24) is 0 Å². The minimum atomic E-state index is -0.272. The highest BCUT2D eigenvalue weighted by molar-refractivity contribution is 5.79. The summed E-state index contributed by atoms with van der Waals surface area (Å²) >= 11 is 0. The van der Waals surface area contributed by atoms with Gasteiger partial charge in [-0.1, -0.05) is 18.2 Å². The van der Waals surface area contributed by atoms with E-state index in [1.165, 1.54) is 12.1 Å². The molecule has 0 unspecified atom stereocenters. The van der Waals surface area contributed by atoms with E-state index in [1.54, 1.807) is 18.2 Å². The Kier molecular flexibility index (Phi) is 2.82. The zero-order valence-corrected chi connectivity index (χ0v) is 8.91. The lowest BCUT2D eigenvalue weighted by molar-refractivity contribution is 0.112. The van der Waals surface area contributed by atoms with Gasteiger partial charge in [-0.2, -0.15) is 0 Å². The van der Waals surface area contributed by atoms with Crippen LogP contribution in [-0.2, 0) is 0 Å². The van der Waals surface area contributed by atoms with Crippen molar-refractivity contribution in [3.8, 4) is 11.1 Å². The predicted molar refractivity (Wildman–Crippen MR) is 62.0 cm³/mol. The fourth-order valence-electron chi connectivity index (χ4n) is 1.72. The molecule has 0 saturated heterocycles. The van der Waals surface area contributed by atoms with Gasteiger partial charge in [-0.3, -0.25) is 4.79 Å². The molecular weight excluding hydrogens is 203 g/mol. The lowest BCUT2D eigenvalue weighted by Crippen LogP contribution is -1.86. The van der Waals surface area contributed by atoms with Crippen molar-refractivity contribution in [3.63, 3.8) is 0 Å². The SMILES string of the molecule is Cc1cc(C=O)cc(-c2cccc(F)c2)c1. The molecular formula is C14H11FO. The molecule has 0 aliphatic carbocycles. The van der Waals surface area contributed by atoms with Crippen molar-refractivity contribution in [3.05, 3.63) is 59.4 Å². The van der Waals surface area contributed by atoms with Crippen LogP contribution in [0.1, 0.15) is 15.9 Å². The molecule has 2 heteroatoms. The number of benzene rings is 2. The molecule has 16 heavy (non-hydrogen) atoms. The van der Waals surface area contributed by atoms with Gasteiger partial charge in [0.2, 0.25) is 0 Å². The van der Waals surface area contributed by atoms with E-state index in [2.05, 4.69) is 0 Å². The molecule has 0 bridgehead atoms. The standard InChI is InChI=1S/C14H11FO/c1-10-5-11(9-16)7-13(6-10)12-3-2-4-14(15)8-12/h2-9H,1H3. The maximum Gasteiger partial charge on any atom is 0.150 e. The number of aryl methyl sites for hydroxylation is 1. The van der Waals surface area contributed by atoms with E-state index >= 15 is 0 Å². The maximum atomic E-state index is 13.1. The highest BCUT2D eigenvalue weighted by Crippen LogP contribution is 2.22. The van der Waals surface area contributed by atoms with Gasteiger partial charge < -0.3 is 0 Å². The average Bonchev–Trinajstić information content (AvgIpc) is 2.28. The van der Waals surface area contributed by atoms with Gasteiger partial charge in [0.15, 0.2) is 0 Å². The minimum Gasteiger partial charge on any atom is -0.298 e. The Labute approximate surface area is 93.5 Å². The number of rotatable bonds is 2. The monoisotopic (exact) mass is 214 g/mol. The molecule has 2 rings (SSSR count). The van der Waals surface area contributed by atoms with Gasteiger partial charge in [0.25, 0.3) is 0 Å². The van der Waals surface area contributed by atoms with Gasteiger partial charge in [0.05, 0.1) is 0 Å². The fourth-order valence-corrected chi connectivity index (χ4v) is 1.72. The third kappa shape index (κ3) is 2.16. The van der Waals surface area contributed by atoms with Gasteiger partial charge in [0, 0.05) is 5.56 Å². The van der Waals surface area contributed by atoms with Crippen molar-refractivity contribution in [2.24, 2.45) is 0 Å².